The fourth-order valence-corrected chi connectivity index (χ4v) is 1.72. The van der Waals surface area contributed by atoms with Gasteiger partial charge >= 0.3 is 0 Å². The Morgan fingerprint density at radius 1 is 1.38 bits per heavy atom. The van der Waals surface area contributed by atoms with Gasteiger partial charge in [-0.25, -0.2) is 0 Å². The first-order valence-corrected chi connectivity index (χ1v) is 4.52. The van der Waals surface area contributed by atoms with Gasteiger partial charge in [-0.3, -0.25) is 0 Å². The van der Waals surface area contributed by atoms with Crippen molar-refractivity contribution in [3.05, 3.63) is 29.5 Å². The normalized spacial score (nSPS) is 10.9. The molecule has 2 rings (SSSR count). The number of H-pyrrole nitrogens is 1. The number of hydrogen-bond acceptors (Lipinski definition) is 1. The predicted molar refractivity (Wildman–Crippen MR) is 54.1 cm³/mol. The summed E-state index contributed by atoms with van der Waals surface area (Å²) in [6.07, 6.45) is 2.91. The highest BCUT2D eigenvalue weighted by molar-refractivity contribution is 5.91. The lowest BCUT2D eigenvalue weighted by atomic mass is 10.1. The van der Waals surface area contributed by atoms with Gasteiger partial charge in [0.25, 0.3) is 0 Å². The Labute approximate surface area is 77.2 Å². The van der Waals surface area contributed by atoms with E-state index in [1.165, 1.54) is 11.1 Å². The van der Waals surface area contributed by atoms with Crippen LogP contribution in [0.25, 0.3) is 10.9 Å². The third-order valence-corrected chi connectivity index (χ3v) is 2.48. The van der Waals surface area contributed by atoms with Crippen molar-refractivity contribution in [2.24, 2.45) is 0 Å². The van der Waals surface area contributed by atoms with E-state index in [1.807, 2.05) is 19.2 Å². The van der Waals surface area contributed by atoms with Crippen LogP contribution in [0.5, 0.6) is 5.75 Å². The van der Waals surface area contributed by atoms with E-state index in [-0.39, 0.29) is 0 Å². The quantitative estimate of drug-likeness (QED) is 0.686. The smallest absolute Gasteiger partial charge is 0.125 e. The minimum Gasteiger partial charge on any atom is -0.507 e. The molecule has 0 saturated heterocycles. The molecule has 0 amide bonds. The maximum atomic E-state index is 9.68. The van der Waals surface area contributed by atoms with E-state index >= 15 is 0 Å². The van der Waals surface area contributed by atoms with Gasteiger partial charge in [-0.15, -0.1) is 0 Å². The maximum absolute atomic E-state index is 9.68. The molecule has 0 unspecified atom stereocenters. The lowest BCUT2D eigenvalue weighted by Gasteiger charge is -2.00. The van der Waals surface area contributed by atoms with Gasteiger partial charge in [-0.05, 0) is 30.5 Å². The van der Waals surface area contributed by atoms with Crippen LogP contribution in [0.2, 0.25) is 0 Å². The molecule has 1 aromatic heterocycles. The van der Waals surface area contributed by atoms with Crippen molar-refractivity contribution < 1.29 is 5.11 Å². The van der Waals surface area contributed by atoms with E-state index in [4.69, 9.17) is 0 Å². The summed E-state index contributed by atoms with van der Waals surface area (Å²) in [4.78, 5) is 3.19. The van der Waals surface area contributed by atoms with Gasteiger partial charge in [0.15, 0.2) is 0 Å². The third-order valence-electron chi connectivity index (χ3n) is 2.48. The lowest BCUT2D eigenvalue weighted by molar-refractivity contribution is 0.481. The zero-order valence-corrected chi connectivity index (χ0v) is 7.89. The molecule has 0 bridgehead atoms. The van der Waals surface area contributed by atoms with Crippen molar-refractivity contribution in [3.63, 3.8) is 0 Å². The van der Waals surface area contributed by atoms with Gasteiger partial charge in [0.1, 0.15) is 5.75 Å². The number of benzene rings is 1. The summed E-state index contributed by atoms with van der Waals surface area (Å²) >= 11 is 0. The van der Waals surface area contributed by atoms with Crippen molar-refractivity contribution in [2.75, 3.05) is 0 Å². The highest BCUT2D eigenvalue weighted by Gasteiger charge is 2.07. The van der Waals surface area contributed by atoms with Gasteiger partial charge in [0.2, 0.25) is 0 Å². The zero-order chi connectivity index (χ0) is 9.42. The van der Waals surface area contributed by atoms with E-state index in [1.54, 1.807) is 6.07 Å². The second kappa shape index (κ2) is 2.80. The van der Waals surface area contributed by atoms with Crippen LogP contribution in [-0.2, 0) is 6.42 Å². The summed E-state index contributed by atoms with van der Waals surface area (Å²) in [5.74, 6) is 0.374. The molecular formula is C11H13NO. The van der Waals surface area contributed by atoms with Crippen LogP contribution in [-0.4, -0.2) is 10.1 Å². The summed E-state index contributed by atoms with van der Waals surface area (Å²) in [7, 11) is 0. The summed E-state index contributed by atoms with van der Waals surface area (Å²) in [6, 6.07) is 3.68. The number of nitrogens with one attached hydrogen (secondary N) is 1. The van der Waals surface area contributed by atoms with Crippen molar-refractivity contribution >= 4 is 10.9 Å². The molecule has 0 spiro atoms. The van der Waals surface area contributed by atoms with E-state index in [2.05, 4.69) is 11.9 Å². The number of aromatic amines is 1. The standard InChI is InChI=1S/C11H13NO/c1-3-8-6-12-11-7(2)4-5-9(13)10(8)11/h4-6,12-13H,3H2,1-2H3. The van der Waals surface area contributed by atoms with Crippen LogP contribution in [0.15, 0.2) is 18.3 Å². The fourth-order valence-electron chi connectivity index (χ4n) is 1.72. The van der Waals surface area contributed by atoms with Crippen LogP contribution in [0.3, 0.4) is 0 Å². The molecule has 0 saturated carbocycles. The Morgan fingerprint density at radius 2 is 2.15 bits per heavy atom. The zero-order valence-electron chi connectivity index (χ0n) is 7.89. The molecule has 0 aliphatic rings. The van der Waals surface area contributed by atoms with Crippen molar-refractivity contribution in [3.8, 4) is 5.75 Å². The van der Waals surface area contributed by atoms with Gasteiger partial charge in [0.05, 0.1) is 5.52 Å². The Kier molecular flexibility index (Phi) is 1.76. The summed E-state index contributed by atoms with van der Waals surface area (Å²) in [5, 5.41) is 10.7. The minimum absolute atomic E-state index is 0.374. The Morgan fingerprint density at radius 3 is 2.85 bits per heavy atom. The molecule has 2 aromatic rings. The second-order valence-corrected chi connectivity index (χ2v) is 3.32. The monoisotopic (exact) mass is 175 g/mol. The van der Waals surface area contributed by atoms with E-state index in [0.717, 1.165) is 17.3 Å². The van der Waals surface area contributed by atoms with Crippen molar-refractivity contribution in [1.29, 1.82) is 0 Å². The first-order chi connectivity index (χ1) is 6.24. The van der Waals surface area contributed by atoms with E-state index < -0.39 is 0 Å². The molecule has 0 aliphatic heterocycles. The molecule has 2 heteroatoms. The topological polar surface area (TPSA) is 36.0 Å². The molecule has 1 heterocycles. The lowest BCUT2D eigenvalue weighted by Crippen LogP contribution is -1.79. The largest absolute Gasteiger partial charge is 0.507 e. The molecule has 68 valence electrons. The third kappa shape index (κ3) is 1.10. The summed E-state index contributed by atoms with van der Waals surface area (Å²) < 4.78 is 0. The predicted octanol–water partition coefficient (Wildman–Crippen LogP) is 2.74. The Hall–Kier alpha value is -1.44. The van der Waals surface area contributed by atoms with Crippen molar-refractivity contribution in [2.45, 2.75) is 20.3 Å². The van der Waals surface area contributed by atoms with Gasteiger partial charge in [-0.1, -0.05) is 13.0 Å². The highest BCUT2D eigenvalue weighted by atomic mass is 16.3. The van der Waals surface area contributed by atoms with Gasteiger partial charge < -0.3 is 10.1 Å². The molecule has 13 heavy (non-hydrogen) atoms. The average Bonchev–Trinajstić information content (AvgIpc) is 2.56. The van der Waals surface area contributed by atoms with Crippen LogP contribution in [0.4, 0.5) is 0 Å². The number of phenols is 1. The number of aryl methyl sites for hydroxylation is 2. The van der Waals surface area contributed by atoms with Crippen LogP contribution in [0, 0.1) is 6.92 Å². The number of fused-ring (bicyclic) bond motifs is 1. The first kappa shape index (κ1) is 8.17. The summed E-state index contributed by atoms with van der Waals surface area (Å²) in [5.41, 5.74) is 3.40. The molecule has 1 aromatic carbocycles. The SMILES string of the molecule is CCc1c[nH]c2c(C)ccc(O)c12. The van der Waals surface area contributed by atoms with Crippen LogP contribution < -0.4 is 0 Å². The van der Waals surface area contributed by atoms with E-state index in [9.17, 15) is 5.11 Å². The Bertz CT molecular complexity index is 443. The van der Waals surface area contributed by atoms with Crippen molar-refractivity contribution in [1.82, 2.24) is 4.98 Å². The average molecular weight is 175 g/mol. The second-order valence-electron chi connectivity index (χ2n) is 3.32. The number of aromatic nitrogens is 1. The number of hydrogen-bond donors (Lipinski definition) is 2. The number of aromatic hydroxyl groups is 1. The molecule has 2 N–H and O–H groups in total. The summed E-state index contributed by atoms with van der Waals surface area (Å²) in [6.45, 7) is 4.13. The highest BCUT2D eigenvalue weighted by Crippen LogP contribution is 2.30. The van der Waals surface area contributed by atoms with Gasteiger partial charge in [-0.2, -0.15) is 0 Å². The molecular weight excluding hydrogens is 162 g/mol. The molecule has 0 aliphatic carbocycles. The molecule has 0 fully saturated rings. The Balaban J connectivity index is 2.87. The minimum atomic E-state index is 0.374. The number of rotatable bonds is 1. The first-order valence-electron chi connectivity index (χ1n) is 4.52. The molecule has 0 atom stereocenters. The maximum Gasteiger partial charge on any atom is 0.125 e. The van der Waals surface area contributed by atoms with Gasteiger partial charge in [0, 0.05) is 11.6 Å². The van der Waals surface area contributed by atoms with E-state index in [0.29, 0.717) is 5.75 Å². The molecule has 0 radical (unpaired) electrons. The molecule has 2 nitrogen and oxygen atoms in total. The van der Waals surface area contributed by atoms with Crippen LogP contribution in [0.1, 0.15) is 18.1 Å². The van der Waals surface area contributed by atoms with Crippen LogP contribution >= 0.6 is 0 Å². The number of phenolic OH excluding ortho intramolecular Hbond substituents is 1. The fraction of sp³-hybridized carbons (Fsp3) is 0.273.